The number of aliphatic hydroxyl groups is 4. The Balaban J connectivity index is 1.87. The van der Waals surface area contributed by atoms with Gasteiger partial charge in [-0.3, -0.25) is 9.35 Å². The number of Topliss-reactive ketones (excluding diaryl/α,β-unsaturated/α-hetero) is 1. The lowest BCUT2D eigenvalue weighted by molar-refractivity contribution is -0.277. The number of aromatic hydroxyl groups is 3. The minimum absolute atomic E-state index is 0.140. The molecule has 2 aromatic rings. The van der Waals surface area contributed by atoms with Crippen molar-refractivity contribution in [2.75, 3.05) is 12.3 Å². The summed E-state index contributed by atoms with van der Waals surface area (Å²) in [6.07, 6.45) is -8.91. The highest BCUT2D eigenvalue weighted by Crippen LogP contribution is 2.37. The van der Waals surface area contributed by atoms with E-state index in [1.54, 1.807) is 0 Å². The number of aliphatic hydroxyl groups excluding tert-OH is 4. The summed E-state index contributed by atoms with van der Waals surface area (Å²) in [6.45, 7) is -0.747. The first-order valence-corrected chi connectivity index (χ1v) is 11.8. The van der Waals surface area contributed by atoms with Gasteiger partial charge in [-0.25, -0.2) is 0 Å². The third kappa shape index (κ3) is 5.62. The van der Waals surface area contributed by atoms with Crippen LogP contribution in [0.5, 0.6) is 23.0 Å². The van der Waals surface area contributed by atoms with E-state index in [1.807, 2.05) is 0 Å². The van der Waals surface area contributed by atoms with Gasteiger partial charge in [0, 0.05) is 18.6 Å². The molecule has 1 heterocycles. The molecule has 3 rings (SSSR count). The van der Waals surface area contributed by atoms with E-state index >= 15 is 0 Å². The van der Waals surface area contributed by atoms with Crippen LogP contribution in [-0.4, -0.2) is 91.8 Å². The molecule has 198 valence electrons. The first-order chi connectivity index (χ1) is 16.7. The summed E-state index contributed by atoms with van der Waals surface area (Å²) in [4.78, 5) is 12.1. The molecule has 0 aliphatic carbocycles. The van der Waals surface area contributed by atoms with Crippen molar-refractivity contribution in [2.45, 2.75) is 48.4 Å². The van der Waals surface area contributed by atoms with Crippen LogP contribution in [0.2, 0.25) is 0 Å². The lowest BCUT2D eigenvalue weighted by Crippen LogP contribution is -2.60. The summed E-state index contributed by atoms with van der Waals surface area (Å²) in [5, 5.41) is 69.3. The number of carbonyl (C=O) groups is 1. The highest BCUT2D eigenvalue weighted by molar-refractivity contribution is 7.86. The van der Waals surface area contributed by atoms with Crippen LogP contribution >= 0.6 is 0 Å². The van der Waals surface area contributed by atoms with Gasteiger partial charge in [-0.15, -0.1) is 0 Å². The van der Waals surface area contributed by atoms with Crippen molar-refractivity contribution in [3.8, 4) is 23.0 Å². The van der Waals surface area contributed by atoms with Crippen LogP contribution in [0.1, 0.15) is 22.3 Å². The Morgan fingerprint density at radius 3 is 2.31 bits per heavy atom. The number of rotatable bonds is 8. The van der Waals surface area contributed by atoms with Crippen molar-refractivity contribution >= 4 is 21.6 Å². The highest BCUT2D eigenvalue weighted by Gasteiger charge is 2.45. The van der Waals surface area contributed by atoms with Crippen LogP contribution in [0.4, 0.5) is 5.69 Å². The molecular weight excluding hydrogens is 506 g/mol. The molecule has 10 N–H and O–H groups in total. The predicted molar refractivity (Wildman–Crippen MR) is 119 cm³/mol. The van der Waals surface area contributed by atoms with Crippen LogP contribution in [-0.2, 0) is 21.3 Å². The van der Waals surface area contributed by atoms with Gasteiger partial charge in [0.05, 0.1) is 12.3 Å². The molecule has 1 aliphatic heterocycles. The Kier molecular flexibility index (Phi) is 7.94. The van der Waals surface area contributed by atoms with Crippen LogP contribution in [0.3, 0.4) is 0 Å². The molecule has 1 fully saturated rings. The first-order valence-electron chi connectivity index (χ1n) is 10.4. The van der Waals surface area contributed by atoms with E-state index in [9.17, 15) is 53.5 Å². The number of phenols is 3. The van der Waals surface area contributed by atoms with Crippen LogP contribution < -0.4 is 10.5 Å². The predicted octanol–water partition coefficient (Wildman–Crippen LogP) is -1.37. The van der Waals surface area contributed by atoms with Crippen molar-refractivity contribution in [2.24, 2.45) is 0 Å². The summed E-state index contributed by atoms with van der Waals surface area (Å²) >= 11 is 0. The van der Waals surface area contributed by atoms with Crippen molar-refractivity contribution in [1.82, 2.24) is 0 Å². The SMILES string of the molecule is Nc1cc(CCC(=O)c2c(O)cc(O)cc2OC2OC(CO)C(O)C(O)C2O)cc(S(=O)(=O)O)c1O. The van der Waals surface area contributed by atoms with E-state index in [0.717, 1.165) is 18.2 Å². The van der Waals surface area contributed by atoms with E-state index in [-0.39, 0.29) is 17.7 Å². The second-order valence-corrected chi connectivity index (χ2v) is 9.47. The molecular formula is C21H25NO13S. The monoisotopic (exact) mass is 531 g/mol. The Hall–Kier alpha value is -3.18. The molecule has 0 bridgehead atoms. The number of carbonyl (C=O) groups excluding carboxylic acids is 1. The van der Waals surface area contributed by atoms with E-state index in [4.69, 9.17) is 15.2 Å². The molecule has 5 unspecified atom stereocenters. The number of hydrogen-bond donors (Lipinski definition) is 9. The van der Waals surface area contributed by atoms with Gasteiger partial charge in [-0.2, -0.15) is 8.42 Å². The molecule has 15 heteroatoms. The van der Waals surface area contributed by atoms with E-state index < -0.39 is 93.1 Å². The molecule has 5 atom stereocenters. The average molecular weight is 531 g/mol. The Labute approximate surface area is 204 Å². The van der Waals surface area contributed by atoms with Gasteiger partial charge in [0.1, 0.15) is 52.1 Å². The van der Waals surface area contributed by atoms with Crippen LogP contribution in [0.25, 0.3) is 0 Å². The number of phenolic OH excluding ortho intramolecular Hbond substituents is 3. The van der Waals surface area contributed by atoms with Gasteiger partial charge in [-0.05, 0) is 24.1 Å². The topological polar surface area (TPSA) is 258 Å². The number of benzene rings is 2. The zero-order chi connectivity index (χ0) is 26.9. The molecule has 1 aliphatic rings. The number of ether oxygens (including phenoxy) is 2. The number of nitrogens with two attached hydrogens (primary N) is 1. The summed E-state index contributed by atoms with van der Waals surface area (Å²) in [5.41, 5.74) is 4.87. The zero-order valence-electron chi connectivity index (χ0n) is 18.4. The van der Waals surface area contributed by atoms with E-state index in [2.05, 4.69) is 0 Å². The normalized spacial score (nSPS) is 24.4. The van der Waals surface area contributed by atoms with Crippen molar-refractivity contribution in [1.29, 1.82) is 0 Å². The van der Waals surface area contributed by atoms with E-state index in [0.29, 0.717) is 0 Å². The maximum Gasteiger partial charge on any atom is 0.298 e. The van der Waals surface area contributed by atoms with Gasteiger partial charge in [0.2, 0.25) is 6.29 Å². The zero-order valence-corrected chi connectivity index (χ0v) is 19.2. The highest BCUT2D eigenvalue weighted by atomic mass is 32.2. The number of hydrogen-bond acceptors (Lipinski definition) is 13. The Bertz CT molecular complexity index is 1250. The largest absolute Gasteiger partial charge is 0.508 e. The first kappa shape index (κ1) is 27.4. The van der Waals surface area contributed by atoms with Gasteiger partial charge in [0.15, 0.2) is 11.5 Å². The molecule has 0 spiro atoms. The maximum atomic E-state index is 13.0. The summed E-state index contributed by atoms with van der Waals surface area (Å²) < 4.78 is 42.8. The molecule has 0 saturated carbocycles. The molecule has 1 saturated heterocycles. The lowest BCUT2D eigenvalue weighted by Gasteiger charge is -2.39. The average Bonchev–Trinajstić information content (AvgIpc) is 2.78. The summed E-state index contributed by atoms with van der Waals surface area (Å²) in [5.74, 6) is -3.37. The molecule has 0 aromatic heterocycles. The minimum atomic E-state index is -4.82. The number of anilines is 1. The van der Waals surface area contributed by atoms with Crippen LogP contribution in [0, 0.1) is 0 Å². The van der Waals surface area contributed by atoms with Crippen molar-refractivity contribution in [3.05, 3.63) is 35.4 Å². The number of aryl methyl sites for hydroxylation is 1. The van der Waals surface area contributed by atoms with Gasteiger partial charge >= 0.3 is 0 Å². The Morgan fingerprint density at radius 1 is 1.03 bits per heavy atom. The fraction of sp³-hybridized carbons (Fsp3) is 0.381. The standard InChI is InChI=1S/C21H25NO13S/c22-10-3-8(4-15(17(10)27)36(31,32)33)1-2-11(25)16-12(26)5-9(24)6-13(16)34-21-20(30)19(29)18(28)14(7-23)35-21/h3-6,14,18-21,23-24,26-30H,1-2,7,22H2,(H,31,32,33). The number of ketones is 1. The molecule has 2 aromatic carbocycles. The van der Waals surface area contributed by atoms with Crippen LogP contribution in [0.15, 0.2) is 29.2 Å². The summed E-state index contributed by atoms with van der Waals surface area (Å²) in [6, 6.07) is 3.85. The van der Waals surface area contributed by atoms with E-state index in [1.165, 1.54) is 6.07 Å². The third-order valence-corrected chi connectivity index (χ3v) is 6.39. The van der Waals surface area contributed by atoms with Gasteiger partial charge in [0.25, 0.3) is 10.1 Å². The Morgan fingerprint density at radius 2 is 1.69 bits per heavy atom. The maximum absolute atomic E-state index is 13.0. The summed E-state index contributed by atoms with van der Waals surface area (Å²) in [7, 11) is -4.82. The number of nitrogen functional groups attached to an aromatic ring is 1. The second-order valence-electron chi connectivity index (χ2n) is 8.08. The fourth-order valence-electron chi connectivity index (χ4n) is 3.66. The smallest absolute Gasteiger partial charge is 0.298 e. The molecule has 0 radical (unpaired) electrons. The van der Waals surface area contributed by atoms with Gasteiger partial charge < -0.3 is 51.0 Å². The molecule has 36 heavy (non-hydrogen) atoms. The van der Waals surface area contributed by atoms with Gasteiger partial charge in [-0.1, -0.05) is 0 Å². The van der Waals surface area contributed by atoms with Crippen molar-refractivity contribution in [3.63, 3.8) is 0 Å². The fourth-order valence-corrected chi connectivity index (χ4v) is 4.32. The van der Waals surface area contributed by atoms with Crippen molar-refractivity contribution < 1.29 is 63.0 Å². The lowest BCUT2D eigenvalue weighted by atomic mass is 9.98. The molecule has 0 amide bonds. The minimum Gasteiger partial charge on any atom is -0.508 e. The quantitative estimate of drug-likeness (QED) is 0.0824. The molecule has 14 nitrogen and oxygen atoms in total. The second kappa shape index (κ2) is 10.4. The third-order valence-electron chi connectivity index (χ3n) is 5.52.